The number of fused-ring (bicyclic) bond motifs is 1. The average Bonchev–Trinajstić information content (AvgIpc) is 2.85. The Morgan fingerprint density at radius 3 is 2.53 bits per heavy atom. The summed E-state index contributed by atoms with van der Waals surface area (Å²) in [5, 5.41) is 10.7. The van der Waals surface area contributed by atoms with Gasteiger partial charge in [0.15, 0.2) is 0 Å². The monoisotopic (exact) mass is 471 g/mol. The lowest BCUT2D eigenvalue weighted by atomic mass is 9.82. The van der Waals surface area contributed by atoms with Crippen molar-refractivity contribution in [2.75, 3.05) is 25.0 Å². The number of anilines is 1. The van der Waals surface area contributed by atoms with Crippen LogP contribution in [0.4, 0.5) is 23.7 Å². The van der Waals surface area contributed by atoms with E-state index in [1.165, 1.54) is 15.9 Å². The third-order valence-electron chi connectivity index (χ3n) is 6.73. The first-order valence-electron chi connectivity index (χ1n) is 10.5. The third-order valence-corrected chi connectivity index (χ3v) is 6.96. The first-order valence-corrected chi connectivity index (χ1v) is 10.9. The number of guanidine groups is 1. The van der Waals surface area contributed by atoms with Gasteiger partial charge in [-0.1, -0.05) is 11.6 Å². The van der Waals surface area contributed by atoms with Crippen LogP contribution in [0.15, 0.2) is 18.2 Å². The van der Waals surface area contributed by atoms with Gasteiger partial charge in [-0.25, -0.2) is 4.79 Å². The molecule has 0 saturated carbocycles. The summed E-state index contributed by atoms with van der Waals surface area (Å²) in [6.07, 6.45) is -2.71. The van der Waals surface area contributed by atoms with Gasteiger partial charge >= 0.3 is 12.2 Å². The highest BCUT2D eigenvalue weighted by Gasteiger charge is 2.61. The van der Waals surface area contributed by atoms with Crippen LogP contribution >= 0.6 is 11.6 Å². The van der Waals surface area contributed by atoms with Crippen LogP contribution in [0.25, 0.3) is 0 Å². The molecule has 1 aromatic rings. The molecule has 0 aliphatic carbocycles. The number of urea groups is 1. The number of alkyl halides is 3. The van der Waals surface area contributed by atoms with Gasteiger partial charge in [0.2, 0.25) is 5.96 Å². The molecule has 3 heterocycles. The van der Waals surface area contributed by atoms with Crippen LogP contribution in [0.1, 0.15) is 38.7 Å². The maximum Gasteiger partial charge on any atom is 0.418 e. The van der Waals surface area contributed by atoms with Crippen LogP contribution in [0.5, 0.6) is 0 Å². The normalized spacial score (nSPS) is 26.3. The van der Waals surface area contributed by atoms with Gasteiger partial charge in [0.05, 0.1) is 11.3 Å². The molecule has 7 nitrogen and oxygen atoms in total. The van der Waals surface area contributed by atoms with Gasteiger partial charge in [-0.3, -0.25) is 15.1 Å². The number of amides is 3. The zero-order valence-corrected chi connectivity index (χ0v) is 18.6. The fourth-order valence-corrected chi connectivity index (χ4v) is 5.26. The maximum absolute atomic E-state index is 13.3. The second-order valence-electron chi connectivity index (χ2n) is 8.98. The molecule has 32 heavy (non-hydrogen) atoms. The van der Waals surface area contributed by atoms with Crippen molar-refractivity contribution in [3.63, 3.8) is 0 Å². The standard InChI is InChI=1S/C21H25ClF3N5O2/c1-12-10-20(2)17(31)29(18(26)30(12)20)11-13-5-7-28(8-6-13)19(32)27-16-4-3-14(22)9-15(16)21(23,24)25/h3-4,9,12-13,26H,5-8,10-11H2,1-2H3,(H,27,32). The number of nitrogens with zero attached hydrogens (tertiary/aromatic N) is 3. The van der Waals surface area contributed by atoms with Crippen molar-refractivity contribution < 1.29 is 22.8 Å². The molecular formula is C21H25ClF3N5O2. The molecule has 0 spiro atoms. The number of halogens is 4. The molecule has 3 saturated heterocycles. The number of likely N-dealkylation sites (tertiary alicyclic amines) is 1. The summed E-state index contributed by atoms with van der Waals surface area (Å²) in [5.74, 6) is 0.296. The van der Waals surface area contributed by atoms with E-state index in [2.05, 4.69) is 5.32 Å². The predicted molar refractivity (Wildman–Crippen MR) is 114 cm³/mol. The quantitative estimate of drug-likeness (QED) is 0.692. The number of benzene rings is 1. The van der Waals surface area contributed by atoms with Crippen LogP contribution < -0.4 is 5.32 Å². The molecule has 0 aromatic heterocycles. The zero-order chi connectivity index (χ0) is 23.4. The molecule has 2 atom stereocenters. The molecule has 2 unspecified atom stereocenters. The second kappa shape index (κ2) is 7.83. The van der Waals surface area contributed by atoms with E-state index in [1.807, 2.05) is 18.7 Å². The largest absolute Gasteiger partial charge is 0.418 e. The molecule has 3 aliphatic rings. The third kappa shape index (κ3) is 3.78. The van der Waals surface area contributed by atoms with E-state index in [9.17, 15) is 22.8 Å². The number of carbonyl (C=O) groups excluding carboxylic acids is 2. The van der Waals surface area contributed by atoms with Crippen LogP contribution in [0, 0.1) is 11.3 Å². The van der Waals surface area contributed by atoms with Gasteiger partial charge in [-0.05, 0) is 57.2 Å². The topological polar surface area (TPSA) is 79.7 Å². The molecule has 3 fully saturated rings. The first-order chi connectivity index (χ1) is 14.9. The number of nitrogens with one attached hydrogen (secondary N) is 2. The molecular weight excluding hydrogens is 447 g/mol. The van der Waals surface area contributed by atoms with Crippen molar-refractivity contribution in [1.29, 1.82) is 5.41 Å². The number of hydrogen-bond acceptors (Lipinski definition) is 3. The maximum atomic E-state index is 13.3. The molecule has 0 radical (unpaired) electrons. The molecule has 4 rings (SSSR count). The Bertz CT molecular complexity index is 963. The summed E-state index contributed by atoms with van der Waals surface area (Å²) in [4.78, 5) is 30.2. The summed E-state index contributed by atoms with van der Waals surface area (Å²) in [6.45, 7) is 5.00. The Hall–Kier alpha value is -2.49. The van der Waals surface area contributed by atoms with Crippen LogP contribution in [-0.4, -0.2) is 63.8 Å². The van der Waals surface area contributed by atoms with Crippen molar-refractivity contribution in [2.45, 2.75) is 50.9 Å². The fourth-order valence-electron chi connectivity index (χ4n) is 5.09. The van der Waals surface area contributed by atoms with E-state index < -0.39 is 23.3 Å². The molecule has 3 aliphatic heterocycles. The van der Waals surface area contributed by atoms with Crippen molar-refractivity contribution in [2.24, 2.45) is 5.92 Å². The molecule has 3 amide bonds. The van der Waals surface area contributed by atoms with Gasteiger partial charge in [0, 0.05) is 30.7 Å². The number of carbonyl (C=O) groups is 2. The van der Waals surface area contributed by atoms with Crippen LogP contribution in [-0.2, 0) is 11.0 Å². The number of rotatable bonds is 3. The van der Waals surface area contributed by atoms with Crippen molar-refractivity contribution in [3.05, 3.63) is 28.8 Å². The second-order valence-corrected chi connectivity index (χ2v) is 9.42. The summed E-state index contributed by atoms with van der Waals surface area (Å²) in [6, 6.07) is 2.79. The molecule has 2 N–H and O–H groups in total. The SMILES string of the molecule is CC1CC2(C)C(=O)N(CC3CCN(C(=O)Nc4ccc(Cl)cc4C(F)(F)F)CC3)C(=N)N12. The van der Waals surface area contributed by atoms with E-state index in [1.54, 1.807) is 0 Å². The van der Waals surface area contributed by atoms with E-state index in [-0.39, 0.29) is 34.5 Å². The Balaban J connectivity index is 1.34. The van der Waals surface area contributed by atoms with E-state index in [0.717, 1.165) is 18.6 Å². The minimum Gasteiger partial charge on any atom is -0.325 e. The fraction of sp³-hybridized carbons (Fsp3) is 0.571. The lowest BCUT2D eigenvalue weighted by Crippen LogP contribution is -2.63. The lowest BCUT2D eigenvalue weighted by molar-refractivity contribution is -0.139. The summed E-state index contributed by atoms with van der Waals surface area (Å²) in [7, 11) is 0. The highest BCUT2D eigenvalue weighted by molar-refractivity contribution is 6.30. The van der Waals surface area contributed by atoms with Crippen molar-refractivity contribution >= 4 is 35.2 Å². The van der Waals surface area contributed by atoms with Gasteiger partial charge in [-0.15, -0.1) is 0 Å². The Morgan fingerprint density at radius 1 is 1.31 bits per heavy atom. The number of piperidine rings is 1. The van der Waals surface area contributed by atoms with E-state index in [0.29, 0.717) is 32.5 Å². The lowest BCUT2D eigenvalue weighted by Gasteiger charge is -2.49. The van der Waals surface area contributed by atoms with Gasteiger partial charge in [-0.2, -0.15) is 13.2 Å². The molecule has 1 aromatic carbocycles. The van der Waals surface area contributed by atoms with E-state index >= 15 is 0 Å². The highest BCUT2D eigenvalue weighted by Crippen LogP contribution is 2.43. The Kier molecular flexibility index (Phi) is 5.55. The Morgan fingerprint density at radius 2 is 1.97 bits per heavy atom. The molecule has 11 heteroatoms. The van der Waals surface area contributed by atoms with Gasteiger partial charge < -0.3 is 15.1 Å². The summed E-state index contributed by atoms with van der Waals surface area (Å²) in [5.41, 5.74) is -1.95. The average molecular weight is 472 g/mol. The van der Waals surface area contributed by atoms with Crippen LogP contribution in [0.3, 0.4) is 0 Å². The molecule has 174 valence electrons. The van der Waals surface area contributed by atoms with Crippen LogP contribution in [0.2, 0.25) is 5.02 Å². The molecule has 0 bridgehead atoms. The predicted octanol–water partition coefficient (Wildman–Crippen LogP) is 4.23. The van der Waals surface area contributed by atoms with Crippen molar-refractivity contribution in [3.8, 4) is 0 Å². The van der Waals surface area contributed by atoms with E-state index in [4.69, 9.17) is 17.0 Å². The van der Waals surface area contributed by atoms with Crippen molar-refractivity contribution in [1.82, 2.24) is 14.7 Å². The minimum atomic E-state index is -4.64. The van der Waals surface area contributed by atoms with Gasteiger partial charge in [0.1, 0.15) is 5.54 Å². The minimum absolute atomic E-state index is 0.0526. The summed E-state index contributed by atoms with van der Waals surface area (Å²) < 4.78 is 39.8. The number of hydrogen-bond donors (Lipinski definition) is 2. The Labute approximate surface area is 189 Å². The smallest absolute Gasteiger partial charge is 0.325 e. The first kappa shape index (κ1) is 22.7. The van der Waals surface area contributed by atoms with Gasteiger partial charge in [0.25, 0.3) is 5.91 Å². The zero-order valence-electron chi connectivity index (χ0n) is 17.8. The summed E-state index contributed by atoms with van der Waals surface area (Å²) >= 11 is 5.68. The highest BCUT2D eigenvalue weighted by atomic mass is 35.5.